The lowest BCUT2D eigenvalue weighted by Gasteiger charge is -2.28. The molecule has 0 N–H and O–H groups in total. The summed E-state index contributed by atoms with van der Waals surface area (Å²) in [6, 6.07) is 32.7. The van der Waals surface area contributed by atoms with Crippen molar-refractivity contribution in [3.05, 3.63) is 126 Å². The summed E-state index contributed by atoms with van der Waals surface area (Å²) in [6.07, 6.45) is 8.60. The monoisotopic (exact) mass is 455 g/mol. The number of hydrogen-bond donors (Lipinski definition) is 0. The molecule has 3 aromatic carbocycles. The number of allylic oxidation sites excluding steroid dienone is 5. The fourth-order valence-corrected chi connectivity index (χ4v) is 8.32. The number of esters is 1. The van der Waals surface area contributed by atoms with Gasteiger partial charge in [0.1, 0.15) is 23.2 Å². The zero-order valence-corrected chi connectivity index (χ0v) is 20.5. The van der Waals surface area contributed by atoms with Crippen molar-refractivity contribution < 1.29 is 9.53 Å². The van der Waals surface area contributed by atoms with Crippen molar-refractivity contribution in [2.45, 2.75) is 20.8 Å². The van der Waals surface area contributed by atoms with Gasteiger partial charge in [-0.05, 0) is 68.3 Å². The Balaban J connectivity index is 2.03. The Kier molecular flexibility index (Phi) is 8.98. The van der Waals surface area contributed by atoms with Crippen LogP contribution in [0.3, 0.4) is 0 Å². The number of carbonyl (C=O) groups is 1. The van der Waals surface area contributed by atoms with Gasteiger partial charge in [-0.2, -0.15) is 0 Å². The summed E-state index contributed by atoms with van der Waals surface area (Å²) in [4.78, 5) is 11.7. The Hall–Kier alpha value is -3.22. The van der Waals surface area contributed by atoms with Crippen molar-refractivity contribution in [2.75, 3.05) is 12.8 Å². The first-order valence-corrected chi connectivity index (χ1v) is 13.3. The van der Waals surface area contributed by atoms with E-state index in [1.54, 1.807) is 0 Å². The molecule has 0 fully saturated rings. The molecule has 0 spiro atoms. The van der Waals surface area contributed by atoms with E-state index in [0.29, 0.717) is 6.61 Å². The van der Waals surface area contributed by atoms with E-state index < -0.39 is 7.26 Å². The molecule has 0 saturated heterocycles. The van der Waals surface area contributed by atoms with Gasteiger partial charge in [-0.15, -0.1) is 0 Å². The average Bonchev–Trinajstić information content (AvgIpc) is 2.84. The largest absolute Gasteiger partial charge is 0.463 e. The third kappa shape index (κ3) is 6.40. The fraction of sp³-hybridized carbons (Fsp3) is 0.167. The Morgan fingerprint density at radius 2 is 1.24 bits per heavy atom. The van der Waals surface area contributed by atoms with Crippen molar-refractivity contribution >= 4 is 29.1 Å². The molecule has 0 amide bonds. The summed E-state index contributed by atoms with van der Waals surface area (Å²) in [7, 11) is -1.90. The molecule has 0 aliphatic rings. The topological polar surface area (TPSA) is 26.3 Å². The van der Waals surface area contributed by atoms with Crippen molar-refractivity contribution in [2.24, 2.45) is 0 Å². The normalized spacial score (nSPS) is 12.7. The highest BCUT2D eigenvalue weighted by Gasteiger charge is 2.45. The SMILES string of the molecule is CCOC(=O)/C=C(C)/C=C/C=C(\C)C[P+](c1ccccc1)(c1ccccc1)c1ccccc1. The maximum absolute atomic E-state index is 11.7. The lowest BCUT2D eigenvalue weighted by Crippen LogP contribution is -2.33. The summed E-state index contributed by atoms with van der Waals surface area (Å²) in [5.74, 6) is -0.303. The minimum absolute atomic E-state index is 0.303. The summed E-state index contributed by atoms with van der Waals surface area (Å²) < 4.78 is 4.99. The Morgan fingerprint density at radius 3 is 1.67 bits per heavy atom. The molecular weight excluding hydrogens is 423 g/mol. The zero-order chi connectivity index (χ0) is 23.5. The van der Waals surface area contributed by atoms with Gasteiger partial charge in [-0.3, -0.25) is 0 Å². The molecule has 168 valence electrons. The molecule has 0 unspecified atom stereocenters. The Labute approximate surface area is 198 Å². The second kappa shape index (κ2) is 12.1. The van der Waals surface area contributed by atoms with Crippen LogP contribution in [0.2, 0.25) is 0 Å². The quantitative estimate of drug-likeness (QED) is 0.171. The summed E-state index contributed by atoms with van der Waals surface area (Å²) in [5.41, 5.74) is 2.16. The molecule has 33 heavy (non-hydrogen) atoms. The van der Waals surface area contributed by atoms with E-state index in [9.17, 15) is 4.79 Å². The predicted molar refractivity (Wildman–Crippen MR) is 143 cm³/mol. The Morgan fingerprint density at radius 1 is 0.788 bits per heavy atom. The van der Waals surface area contributed by atoms with Gasteiger partial charge >= 0.3 is 5.97 Å². The van der Waals surface area contributed by atoms with Gasteiger partial charge < -0.3 is 4.74 Å². The highest BCUT2D eigenvalue weighted by Crippen LogP contribution is 2.56. The van der Waals surface area contributed by atoms with Crippen LogP contribution < -0.4 is 15.9 Å². The van der Waals surface area contributed by atoms with Gasteiger partial charge in [-0.25, -0.2) is 4.79 Å². The van der Waals surface area contributed by atoms with E-state index in [0.717, 1.165) is 11.7 Å². The van der Waals surface area contributed by atoms with E-state index in [1.807, 2.05) is 26.0 Å². The second-order valence-corrected chi connectivity index (χ2v) is 11.5. The van der Waals surface area contributed by atoms with Gasteiger partial charge in [0.25, 0.3) is 0 Å². The molecule has 3 heteroatoms. The van der Waals surface area contributed by atoms with Gasteiger partial charge in [0.2, 0.25) is 0 Å². The lowest BCUT2D eigenvalue weighted by molar-refractivity contribution is -0.137. The zero-order valence-electron chi connectivity index (χ0n) is 19.6. The van der Waals surface area contributed by atoms with Crippen molar-refractivity contribution in [3.8, 4) is 0 Å². The van der Waals surface area contributed by atoms with Crippen molar-refractivity contribution in [3.63, 3.8) is 0 Å². The van der Waals surface area contributed by atoms with Crippen LogP contribution in [-0.4, -0.2) is 18.7 Å². The number of ether oxygens (including phenoxy) is 1. The molecule has 0 aliphatic carbocycles. The van der Waals surface area contributed by atoms with Crippen LogP contribution in [0, 0.1) is 0 Å². The van der Waals surface area contributed by atoms with E-state index in [1.165, 1.54) is 27.6 Å². The molecule has 0 bridgehead atoms. The number of benzene rings is 3. The number of carbonyl (C=O) groups excluding carboxylic acids is 1. The van der Waals surface area contributed by atoms with Gasteiger partial charge in [0.05, 0.1) is 12.8 Å². The number of rotatable bonds is 9. The molecule has 3 aromatic rings. The second-order valence-electron chi connectivity index (χ2n) is 7.99. The van der Waals surface area contributed by atoms with Crippen LogP contribution in [0.15, 0.2) is 126 Å². The maximum Gasteiger partial charge on any atom is 0.330 e. The van der Waals surface area contributed by atoms with Crippen LogP contribution in [0.1, 0.15) is 20.8 Å². The van der Waals surface area contributed by atoms with E-state index in [4.69, 9.17) is 4.74 Å². The first-order chi connectivity index (χ1) is 16.1. The molecule has 3 rings (SSSR count). The summed E-state index contributed by atoms with van der Waals surface area (Å²) in [5, 5.41) is 4.12. The van der Waals surface area contributed by atoms with Gasteiger partial charge in [-0.1, -0.05) is 72.8 Å². The van der Waals surface area contributed by atoms with Crippen molar-refractivity contribution in [1.29, 1.82) is 0 Å². The van der Waals surface area contributed by atoms with Crippen LogP contribution in [0.4, 0.5) is 0 Å². The van der Waals surface area contributed by atoms with Crippen LogP contribution >= 0.6 is 7.26 Å². The standard InChI is InChI=1S/C30H32O2P/c1-4-32-30(31)23-25(2)15-14-16-26(3)24-33(27-17-8-5-9-18-27,28-19-10-6-11-20-28)29-21-12-7-13-22-29/h5-23H,4,24H2,1-3H3/q+1/b15-14+,25-23+,26-16+. The molecular formula is C30H32O2P+. The molecule has 0 saturated carbocycles. The molecule has 0 aliphatic heterocycles. The molecule has 0 atom stereocenters. The van der Waals surface area contributed by atoms with Gasteiger partial charge in [0.15, 0.2) is 0 Å². The maximum atomic E-state index is 11.7. The van der Waals surface area contributed by atoms with Crippen LogP contribution in [0.25, 0.3) is 0 Å². The molecule has 0 radical (unpaired) electrons. The van der Waals surface area contributed by atoms with E-state index in [-0.39, 0.29) is 5.97 Å². The van der Waals surface area contributed by atoms with Gasteiger partial charge in [0, 0.05) is 6.08 Å². The first-order valence-electron chi connectivity index (χ1n) is 11.3. The molecule has 2 nitrogen and oxygen atoms in total. The van der Waals surface area contributed by atoms with E-state index >= 15 is 0 Å². The highest BCUT2D eigenvalue weighted by molar-refractivity contribution is 7.95. The van der Waals surface area contributed by atoms with E-state index in [2.05, 4.69) is 104 Å². The third-order valence-corrected chi connectivity index (χ3v) is 9.96. The molecule has 0 aromatic heterocycles. The smallest absolute Gasteiger partial charge is 0.330 e. The summed E-state index contributed by atoms with van der Waals surface area (Å²) >= 11 is 0. The highest BCUT2D eigenvalue weighted by atomic mass is 31.2. The minimum Gasteiger partial charge on any atom is -0.463 e. The van der Waals surface area contributed by atoms with Crippen LogP contribution in [-0.2, 0) is 9.53 Å². The lowest BCUT2D eigenvalue weighted by atomic mass is 10.2. The minimum atomic E-state index is -1.90. The Bertz CT molecular complexity index is 1020. The third-order valence-electron chi connectivity index (χ3n) is 5.45. The number of hydrogen-bond acceptors (Lipinski definition) is 2. The first kappa shape index (κ1) is 24.4. The van der Waals surface area contributed by atoms with Crippen LogP contribution in [0.5, 0.6) is 0 Å². The van der Waals surface area contributed by atoms with Crippen molar-refractivity contribution in [1.82, 2.24) is 0 Å². The fourth-order valence-electron chi connectivity index (χ4n) is 3.98. The molecule has 0 heterocycles. The summed E-state index contributed by atoms with van der Waals surface area (Å²) in [6.45, 7) is 6.30. The predicted octanol–water partition coefficient (Wildman–Crippen LogP) is 5.99. The average molecular weight is 456 g/mol.